The predicted molar refractivity (Wildman–Crippen MR) is 121 cm³/mol. The summed E-state index contributed by atoms with van der Waals surface area (Å²) < 4.78 is 17.9. The first-order valence-electron chi connectivity index (χ1n) is 9.29. The molecule has 0 spiro atoms. The highest BCUT2D eigenvalue weighted by Gasteiger charge is 2.12. The molecule has 4 nitrogen and oxygen atoms in total. The number of methoxy groups -OCH3 is 1. The largest absolute Gasteiger partial charge is 0.494 e. The second kappa shape index (κ2) is 10.4. The molecule has 0 amide bonds. The highest BCUT2D eigenvalue weighted by Crippen LogP contribution is 2.37. The summed E-state index contributed by atoms with van der Waals surface area (Å²) in [4.78, 5) is 0. The molecule has 0 aliphatic carbocycles. The lowest BCUT2D eigenvalue weighted by Crippen LogP contribution is -2.03. The second-order valence-electron chi connectivity index (χ2n) is 6.34. The molecule has 1 N–H and O–H groups in total. The molecule has 3 aromatic carbocycles. The zero-order valence-electron chi connectivity index (χ0n) is 16.4. The summed E-state index contributed by atoms with van der Waals surface area (Å²) in [5.41, 5.74) is 3.04. The van der Waals surface area contributed by atoms with Crippen LogP contribution in [0.1, 0.15) is 18.1 Å². The molecule has 0 aromatic heterocycles. The van der Waals surface area contributed by atoms with E-state index in [1.807, 2.05) is 67.6 Å². The minimum absolute atomic E-state index is 0.410. The number of benzene rings is 3. The maximum absolute atomic E-state index is 6.49. The van der Waals surface area contributed by atoms with Gasteiger partial charge in [0.1, 0.15) is 12.4 Å². The van der Waals surface area contributed by atoms with Crippen LogP contribution in [0.4, 0.5) is 5.69 Å². The van der Waals surface area contributed by atoms with Crippen molar-refractivity contribution in [3.8, 4) is 17.2 Å². The van der Waals surface area contributed by atoms with Gasteiger partial charge >= 0.3 is 0 Å². The maximum atomic E-state index is 6.49. The van der Waals surface area contributed by atoms with Crippen molar-refractivity contribution in [2.45, 2.75) is 20.1 Å². The summed E-state index contributed by atoms with van der Waals surface area (Å²) in [6.07, 6.45) is 0. The van der Waals surface area contributed by atoms with E-state index in [0.717, 1.165) is 27.0 Å². The van der Waals surface area contributed by atoms with Gasteiger partial charge in [0.25, 0.3) is 0 Å². The molecule has 0 aliphatic rings. The van der Waals surface area contributed by atoms with E-state index in [0.29, 0.717) is 36.3 Å². The molecule has 3 aromatic rings. The third kappa shape index (κ3) is 6.05. The molecule has 0 atom stereocenters. The molecule has 0 fully saturated rings. The molecular weight excluding hydrogens is 454 g/mol. The normalized spacial score (nSPS) is 10.5. The Balaban J connectivity index is 1.66. The average molecular weight is 477 g/mol. The van der Waals surface area contributed by atoms with Crippen LogP contribution in [0.5, 0.6) is 17.2 Å². The van der Waals surface area contributed by atoms with Gasteiger partial charge in [0.15, 0.2) is 11.5 Å². The molecule has 152 valence electrons. The van der Waals surface area contributed by atoms with E-state index in [1.54, 1.807) is 7.11 Å². The van der Waals surface area contributed by atoms with Gasteiger partial charge in [-0.2, -0.15) is 0 Å². The first kappa shape index (κ1) is 21.3. The lowest BCUT2D eigenvalue weighted by Gasteiger charge is -2.15. The van der Waals surface area contributed by atoms with Crippen LogP contribution in [0.15, 0.2) is 65.1 Å². The Morgan fingerprint density at radius 3 is 2.31 bits per heavy atom. The quantitative estimate of drug-likeness (QED) is 0.373. The zero-order chi connectivity index (χ0) is 20.6. The van der Waals surface area contributed by atoms with Crippen molar-refractivity contribution >= 4 is 33.2 Å². The topological polar surface area (TPSA) is 39.7 Å². The Morgan fingerprint density at radius 1 is 0.931 bits per heavy atom. The molecular formula is C23H23BrClNO3. The molecule has 0 unspecified atom stereocenters. The van der Waals surface area contributed by atoms with Crippen molar-refractivity contribution in [2.24, 2.45) is 0 Å². The van der Waals surface area contributed by atoms with E-state index in [4.69, 9.17) is 25.8 Å². The second-order valence-corrected chi connectivity index (χ2v) is 7.66. The number of ether oxygens (including phenoxy) is 3. The summed E-state index contributed by atoms with van der Waals surface area (Å²) in [7, 11) is 1.61. The van der Waals surface area contributed by atoms with Crippen LogP contribution in [0.25, 0.3) is 0 Å². The highest BCUT2D eigenvalue weighted by atomic mass is 79.9. The molecule has 6 heteroatoms. The molecule has 3 rings (SSSR count). The van der Waals surface area contributed by atoms with Crippen LogP contribution in [0.3, 0.4) is 0 Å². The fourth-order valence-corrected chi connectivity index (χ4v) is 3.34. The third-order valence-corrected chi connectivity index (χ3v) is 5.06. The van der Waals surface area contributed by atoms with Gasteiger partial charge in [-0.15, -0.1) is 0 Å². The van der Waals surface area contributed by atoms with Crippen LogP contribution < -0.4 is 19.5 Å². The Hall–Kier alpha value is -2.37. The monoisotopic (exact) mass is 475 g/mol. The van der Waals surface area contributed by atoms with Crippen molar-refractivity contribution in [2.75, 3.05) is 19.0 Å². The number of halogens is 2. The van der Waals surface area contributed by atoms with E-state index in [9.17, 15) is 0 Å². The molecule has 0 saturated heterocycles. The molecule has 0 radical (unpaired) electrons. The lowest BCUT2D eigenvalue weighted by molar-refractivity contribution is 0.284. The average Bonchev–Trinajstić information content (AvgIpc) is 2.73. The minimum atomic E-state index is 0.410. The minimum Gasteiger partial charge on any atom is -0.494 e. The Morgan fingerprint density at radius 2 is 1.66 bits per heavy atom. The number of rotatable bonds is 9. The van der Waals surface area contributed by atoms with Gasteiger partial charge < -0.3 is 19.5 Å². The van der Waals surface area contributed by atoms with Crippen LogP contribution in [0, 0.1) is 0 Å². The van der Waals surface area contributed by atoms with E-state index < -0.39 is 0 Å². The molecule has 0 bridgehead atoms. The molecule has 0 saturated carbocycles. The summed E-state index contributed by atoms with van der Waals surface area (Å²) in [5.74, 6) is 2.01. The Kier molecular flexibility index (Phi) is 7.67. The van der Waals surface area contributed by atoms with E-state index in [1.165, 1.54) is 0 Å². The first-order valence-corrected chi connectivity index (χ1v) is 10.5. The summed E-state index contributed by atoms with van der Waals surface area (Å²) in [6.45, 7) is 3.64. The number of hydrogen-bond acceptors (Lipinski definition) is 4. The Labute approximate surface area is 184 Å². The summed E-state index contributed by atoms with van der Waals surface area (Å²) in [6, 6.07) is 19.6. The lowest BCUT2D eigenvalue weighted by atomic mass is 10.2. The number of hydrogen-bond donors (Lipinski definition) is 1. The molecule has 0 heterocycles. The standard InChI is InChI=1S/C23H23BrClNO3/c1-3-28-20-10-8-19(9-11-20)26-14-17-12-21(25)23(22(13-17)27-2)29-15-16-4-6-18(24)7-5-16/h4-13,26H,3,14-15H2,1-2H3. The van der Waals surface area contributed by atoms with Crippen molar-refractivity contribution in [1.82, 2.24) is 0 Å². The van der Waals surface area contributed by atoms with Gasteiger partial charge in [-0.1, -0.05) is 39.7 Å². The van der Waals surface area contributed by atoms with Gasteiger partial charge in [0.2, 0.25) is 0 Å². The highest BCUT2D eigenvalue weighted by molar-refractivity contribution is 9.10. The first-order chi connectivity index (χ1) is 14.1. The van der Waals surface area contributed by atoms with Gasteiger partial charge in [-0.05, 0) is 66.6 Å². The van der Waals surface area contributed by atoms with Crippen molar-refractivity contribution < 1.29 is 14.2 Å². The molecule has 29 heavy (non-hydrogen) atoms. The van der Waals surface area contributed by atoms with Gasteiger partial charge in [-0.25, -0.2) is 0 Å². The van der Waals surface area contributed by atoms with Crippen LogP contribution >= 0.6 is 27.5 Å². The fraction of sp³-hybridized carbons (Fsp3) is 0.217. The van der Waals surface area contributed by atoms with Crippen LogP contribution in [-0.4, -0.2) is 13.7 Å². The van der Waals surface area contributed by atoms with E-state index >= 15 is 0 Å². The van der Waals surface area contributed by atoms with Crippen LogP contribution in [-0.2, 0) is 13.2 Å². The predicted octanol–water partition coefficient (Wildman–Crippen LogP) is 6.70. The zero-order valence-corrected chi connectivity index (χ0v) is 18.7. The summed E-state index contributed by atoms with van der Waals surface area (Å²) in [5, 5.41) is 3.89. The summed E-state index contributed by atoms with van der Waals surface area (Å²) >= 11 is 9.92. The van der Waals surface area contributed by atoms with Gasteiger partial charge in [0, 0.05) is 16.7 Å². The van der Waals surface area contributed by atoms with Gasteiger partial charge in [-0.3, -0.25) is 0 Å². The maximum Gasteiger partial charge on any atom is 0.180 e. The van der Waals surface area contributed by atoms with Crippen molar-refractivity contribution in [3.63, 3.8) is 0 Å². The van der Waals surface area contributed by atoms with E-state index in [-0.39, 0.29) is 0 Å². The third-order valence-electron chi connectivity index (χ3n) is 4.25. The van der Waals surface area contributed by atoms with Gasteiger partial charge in [0.05, 0.1) is 18.7 Å². The number of nitrogens with one attached hydrogen (secondary N) is 1. The smallest absolute Gasteiger partial charge is 0.180 e. The SMILES string of the molecule is CCOc1ccc(NCc2cc(Cl)c(OCc3ccc(Br)cc3)c(OC)c2)cc1. The molecule has 0 aliphatic heterocycles. The van der Waals surface area contributed by atoms with Crippen LogP contribution in [0.2, 0.25) is 5.02 Å². The number of anilines is 1. The van der Waals surface area contributed by atoms with Crippen molar-refractivity contribution in [3.05, 3.63) is 81.3 Å². The van der Waals surface area contributed by atoms with Crippen molar-refractivity contribution in [1.29, 1.82) is 0 Å². The van der Waals surface area contributed by atoms with E-state index in [2.05, 4.69) is 21.2 Å². The Bertz CT molecular complexity index is 930. The fourth-order valence-electron chi connectivity index (χ4n) is 2.79.